The van der Waals surface area contributed by atoms with Gasteiger partial charge in [-0.1, -0.05) is 11.6 Å². The second-order valence-electron chi connectivity index (χ2n) is 6.59. The fourth-order valence-electron chi connectivity index (χ4n) is 2.94. The summed E-state index contributed by atoms with van der Waals surface area (Å²) in [7, 11) is 0. The van der Waals surface area contributed by atoms with Crippen LogP contribution in [0.4, 0.5) is 24.5 Å². The van der Waals surface area contributed by atoms with Gasteiger partial charge >= 0.3 is 6.18 Å². The normalized spacial score (nSPS) is 11.4. The maximum Gasteiger partial charge on any atom is 0.416 e. The quantitative estimate of drug-likeness (QED) is 0.449. The molecule has 0 bridgehead atoms. The van der Waals surface area contributed by atoms with Gasteiger partial charge in [0, 0.05) is 18.1 Å². The Morgan fingerprint density at radius 3 is 2.53 bits per heavy atom. The van der Waals surface area contributed by atoms with Gasteiger partial charge in [0.1, 0.15) is 12.7 Å². The molecule has 4 aromatic rings. The summed E-state index contributed by atoms with van der Waals surface area (Å²) in [5.41, 5.74) is 0.514. The largest absolute Gasteiger partial charge is 0.416 e. The van der Waals surface area contributed by atoms with E-state index in [2.05, 4.69) is 25.8 Å². The number of anilines is 2. The number of hydrogen-bond donors (Lipinski definition) is 2. The molecule has 0 aliphatic rings. The van der Waals surface area contributed by atoms with Crippen molar-refractivity contribution in [1.82, 2.24) is 24.5 Å². The number of alkyl halides is 3. The molecule has 1 amide bonds. The highest BCUT2D eigenvalue weighted by Crippen LogP contribution is 2.33. The molecule has 32 heavy (non-hydrogen) atoms. The van der Waals surface area contributed by atoms with Crippen molar-refractivity contribution in [3.63, 3.8) is 0 Å². The predicted octanol–water partition coefficient (Wildman–Crippen LogP) is 4.18. The maximum atomic E-state index is 13.1. The Bertz CT molecular complexity index is 1220. The molecule has 12 heteroatoms. The predicted molar refractivity (Wildman–Crippen MR) is 112 cm³/mol. The number of nitrogens with one attached hydrogen (secondary N) is 2. The summed E-state index contributed by atoms with van der Waals surface area (Å²) in [6.07, 6.45) is 1.35. The summed E-state index contributed by atoms with van der Waals surface area (Å²) in [6.45, 7) is -0.204. The number of amides is 1. The molecule has 2 aromatic heterocycles. The molecule has 2 N–H and O–H groups in total. The Balaban J connectivity index is 1.49. The van der Waals surface area contributed by atoms with Crippen LogP contribution in [0.25, 0.3) is 11.4 Å². The maximum absolute atomic E-state index is 13.1. The molecule has 0 unspecified atom stereocenters. The van der Waals surface area contributed by atoms with E-state index in [1.54, 1.807) is 41.3 Å². The minimum absolute atomic E-state index is 0.0517. The number of rotatable bonds is 6. The first kappa shape index (κ1) is 21.4. The second-order valence-corrected chi connectivity index (χ2v) is 7.00. The van der Waals surface area contributed by atoms with Crippen LogP contribution in [-0.2, 0) is 11.0 Å². The topological polar surface area (TPSA) is 89.7 Å². The van der Waals surface area contributed by atoms with Crippen LogP contribution in [0.3, 0.4) is 0 Å². The highest BCUT2D eigenvalue weighted by molar-refractivity contribution is 6.32. The molecule has 2 aromatic carbocycles. The van der Waals surface area contributed by atoms with E-state index in [1.807, 2.05) is 0 Å². The summed E-state index contributed by atoms with van der Waals surface area (Å²) in [4.78, 5) is 16.2. The van der Waals surface area contributed by atoms with Crippen LogP contribution in [0.2, 0.25) is 5.02 Å². The van der Waals surface area contributed by atoms with Gasteiger partial charge in [0.05, 0.1) is 34.2 Å². The van der Waals surface area contributed by atoms with Crippen LogP contribution in [0.5, 0.6) is 0 Å². The summed E-state index contributed by atoms with van der Waals surface area (Å²) >= 11 is 6.28. The minimum atomic E-state index is -4.56. The van der Waals surface area contributed by atoms with E-state index >= 15 is 0 Å². The van der Waals surface area contributed by atoms with Gasteiger partial charge in [-0.15, -0.1) is 0 Å². The first-order valence-electron chi connectivity index (χ1n) is 9.21. The zero-order valence-corrected chi connectivity index (χ0v) is 17.0. The van der Waals surface area contributed by atoms with Crippen molar-refractivity contribution in [3.05, 3.63) is 78.1 Å². The van der Waals surface area contributed by atoms with E-state index in [-0.39, 0.29) is 17.9 Å². The molecule has 0 fully saturated rings. The van der Waals surface area contributed by atoms with Crippen LogP contribution < -0.4 is 10.6 Å². The smallest absolute Gasteiger partial charge is 0.376 e. The summed E-state index contributed by atoms with van der Waals surface area (Å²) in [5, 5.41) is 13.8. The molecule has 0 radical (unpaired) electrons. The lowest BCUT2D eigenvalue weighted by molar-refractivity contribution is -0.137. The third kappa shape index (κ3) is 4.72. The molecular weight excluding hydrogens is 447 g/mol. The van der Waals surface area contributed by atoms with E-state index in [1.165, 1.54) is 23.4 Å². The highest BCUT2D eigenvalue weighted by Gasteiger charge is 2.31. The van der Waals surface area contributed by atoms with E-state index in [0.717, 1.165) is 12.1 Å². The fraction of sp³-hybridized carbons (Fsp3) is 0.100. The molecular formula is C20H15ClF3N7O. The molecule has 0 saturated carbocycles. The first-order chi connectivity index (χ1) is 15.3. The van der Waals surface area contributed by atoms with Gasteiger partial charge in [-0.2, -0.15) is 23.4 Å². The standard InChI is InChI=1S/C20H15ClF3N7O/c21-15-9-14(3-5-17(15)30-7-1-6-27-30)26-10-19(32)29-16-8-13(20(22,23)24)2-4-18(16)31-12-25-11-28-31/h1-9,11-12,26H,10H2,(H,29,32). The molecule has 8 nitrogen and oxygen atoms in total. The van der Waals surface area contributed by atoms with Crippen molar-refractivity contribution in [2.75, 3.05) is 17.2 Å². The van der Waals surface area contributed by atoms with Crippen molar-refractivity contribution in [3.8, 4) is 11.4 Å². The molecule has 0 saturated heterocycles. The van der Waals surface area contributed by atoms with Crippen LogP contribution in [0, 0.1) is 0 Å². The average molecular weight is 462 g/mol. The molecule has 164 valence electrons. The first-order valence-corrected chi connectivity index (χ1v) is 9.58. The van der Waals surface area contributed by atoms with E-state index in [4.69, 9.17) is 11.6 Å². The Morgan fingerprint density at radius 2 is 1.88 bits per heavy atom. The molecule has 0 aliphatic carbocycles. The summed E-state index contributed by atoms with van der Waals surface area (Å²) < 4.78 is 42.3. The Kier molecular flexibility index (Phi) is 5.82. The number of carbonyl (C=O) groups is 1. The Morgan fingerprint density at radius 1 is 1.06 bits per heavy atom. The van der Waals surface area contributed by atoms with Gasteiger partial charge in [0.25, 0.3) is 0 Å². The van der Waals surface area contributed by atoms with Crippen molar-refractivity contribution in [2.24, 2.45) is 0 Å². The van der Waals surface area contributed by atoms with Gasteiger partial charge in [-0.05, 0) is 42.5 Å². The monoisotopic (exact) mass is 461 g/mol. The lowest BCUT2D eigenvalue weighted by Crippen LogP contribution is -2.23. The third-order valence-corrected chi connectivity index (χ3v) is 4.72. The van der Waals surface area contributed by atoms with Gasteiger partial charge < -0.3 is 10.6 Å². The van der Waals surface area contributed by atoms with Gasteiger partial charge in [0.15, 0.2) is 0 Å². The van der Waals surface area contributed by atoms with E-state index in [0.29, 0.717) is 16.4 Å². The number of benzene rings is 2. The lowest BCUT2D eigenvalue weighted by atomic mass is 10.1. The molecule has 0 aliphatic heterocycles. The fourth-order valence-corrected chi connectivity index (χ4v) is 3.20. The van der Waals surface area contributed by atoms with E-state index in [9.17, 15) is 18.0 Å². The van der Waals surface area contributed by atoms with Crippen molar-refractivity contribution in [2.45, 2.75) is 6.18 Å². The molecule has 0 atom stereocenters. The van der Waals surface area contributed by atoms with Gasteiger partial charge in [-0.25, -0.2) is 14.3 Å². The second kappa shape index (κ2) is 8.71. The number of nitrogens with zero attached hydrogens (tertiary/aromatic N) is 5. The van der Waals surface area contributed by atoms with Crippen molar-refractivity contribution in [1.29, 1.82) is 0 Å². The number of aromatic nitrogens is 5. The van der Waals surface area contributed by atoms with Crippen molar-refractivity contribution < 1.29 is 18.0 Å². The highest BCUT2D eigenvalue weighted by atomic mass is 35.5. The number of hydrogen-bond acceptors (Lipinski definition) is 5. The zero-order chi connectivity index (χ0) is 22.7. The van der Waals surface area contributed by atoms with E-state index < -0.39 is 17.6 Å². The van der Waals surface area contributed by atoms with Crippen molar-refractivity contribution >= 4 is 28.9 Å². The minimum Gasteiger partial charge on any atom is -0.376 e. The zero-order valence-electron chi connectivity index (χ0n) is 16.2. The average Bonchev–Trinajstić information content (AvgIpc) is 3.46. The molecule has 4 rings (SSSR count). The summed E-state index contributed by atoms with van der Waals surface area (Å²) in [6, 6.07) is 9.80. The van der Waals surface area contributed by atoms with Crippen LogP contribution in [-0.4, -0.2) is 37.0 Å². The Hall–Kier alpha value is -3.86. The third-order valence-electron chi connectivity index (χ3n) is 4.42. The van der Waals surface area contributed by atoms with Crippen LogP contribution >= 0.6 is 11.6 Å². The number of carbonyl (C=O) groups excluding carboxylic acids is 1. The van der Waals surface area contributed by atoms with Gasteiger partial charge in [0.2, 0.25) is 5.91 Å². The lowest BCUT2D eigenvalue weighted by Gasteiger charge is -2.15. The van der Waals surface area contributed by atoms with Gasteiger partial charge in [-0.3, -0.25) is 4.79 Å². The molecule has 2 heterocycles. The Labute approximate surface area is 184 Å². The molecule has 0 spiro atoms. The number of halogens is 4. The van der Waals surface area contributed by atoms with Crippen LogP contribution in [0.15, 0.2) is 67.5 Å². The van der Waals surface area contributed by atoms with Crippen LogP contribution in [0.1, 0.15) is 5.56 Å². The summed E-state index contributed by atoms with van der Waals surface area (Å²) in [5.74, 6) is -0.557. The SMILES string of the molecule is O=C(CNc1ccc(-n2cccn2)c(Cl)c1)Nc1cc(C(F)(F)F)ccc1-n1cncn1.